The second-order valence-corrected chi connectivity index (χ2v) is 11.2. The Labute approximate surface area is 248 Å². The minimum absolute atomic E-state index is 0.0706. The first kappa shape index (κ1) is 31.2. The Balaban J connectivity index is 1.57. The van der Waals surface area contributed by atoms with Gasteiger partial charge in [0, 0.05) is 31.5 Å². The lowest BCUT2D eigenvalue weighted by Crippen LogP contribution is -2.35. The molecule has 0 aliphatic heterocycles. The first-order chi connectivity index (χ1) is 20.4. The zero-order valence-corrected chi connectivity index (χ0v) is 25.4. The third-order valence-electron chi connectivity index (χ3n) is 8.28. The van der Waals surface area contributed by atoms with Crippen LogP contribution in [0.4, 0.5) is 5.69 Å². The minimum Gasteiger partial charge on any atom is -0.493 e. The van der Waals surface area contributed by atoms with Gasteiger partial charge in [-0.05, 0) is 67.0 Å². The van der Waals surface area contributed by atoms with Gasteiger partial charge in [0.2, 0.25) is 23.0 Å². The molecule has 1 fully saturated rings. The van der Waals surface area contributed by atoms with Gasteiger partial charge in [0.15, 0.2) is 11.5 Å². The number of rotatable bonds is 10. The number of benzene rings is 1. The van der Waals surface area contributed by atoms with Crippen LogP contribution in [0, 0.1) is 0 Å². The van der Waals surface area contributed by atoms with E-state index in [4.69, 9.17) is 14.2 Å². The minimum atomic E-state index is -0.364. The van der Waals surface area contributed by atoms with Crippen molar-refractivity contribution in [3.63, 3.8) is 0 Å². The SMILES string of the molecule is COc1cc2c(c(OC)c1OC)-c1ccc(NCCCC(=O)NC3CCCCCCC3)c(=O)cc1C(NC(C)=O)CC2. The Kier molecular flexibility index (Phi) is 11.1. The van der Waals surface area contributed by atoms with Crippen LogP contribution in [0.1, 0.15) is 88.3 Å². The van der Waals surface area contributed by atoms with E-state index >= 15 is 0 Å². The lowest BCUT2D eigenvalue weighted by atomic mass is 9.95. The van der Waals surface area contributed by atoms with Crippen LogP contribution in [0.15, 0.2) is 29.1 Å². The third kappa shape index (κ3) is 7.55. The molecule has 1 unspecified atom stereocenters. The fourth-order valence-electron chi connectivity index (χ4n) is 6.23. The summed E-state index contributed by atoms with van der Waals surface area (Å²) in [7, 11) is 4.72. The number of aryl methyl sites for hydroxylation is 1. The van der Waals surface area contributed by atoms with Crippen LogP contribution >= 0.6 is 0 Å². The van der Waals surface area contributed by atoms with E-state index in [-0.39, 0.29) is 29.3 Å². The van der Waals surface area contributed by atoms with Crippen molar-refractivity contribution in [3.05, 3.63) is 45.6 Å². The topological polar surface area (TPSA) is 115 Å². The van der Waals surface area contributed by atoms with Gasteiger partial charge in [0.05, 0.1) is 33.1 Å². The summed E-state index contributed by atoms with van der Waals surface area (Å²) in [6, 6.07) is 7.11. The number of carbonyl (C=O) groups excluding carboxylic acids is 2. The van der Waals surface area contributed by atoms with Gasteiger partial charge in [0.25, 0.3) is 0 Å². The maximum atomic E-state index is 13.4. The van der Waals surface area contributed by atoms with Crippen LogP contribution < -0.4 is 35.6 Å². The number of hydrogen-bond donors (Lipinski definition) is 3. The highest BCUT2D eigenvalue weighted by Crippen LogP contribution is 2.50. The Morgan fingerprint density at radius 1 is 0.881 bits per heavy atom. The first-order valence-electron chi connectivity index (χ1n) is 15.2. The van der Waals surface area contributed by atoms with Gasteiger partial charge in [0.1, 0.15) is 0 Å². The van der Waals surface area contributed by atoms with E-state index in [0.717, 1.165) is 29.5 Å². The van der Waals surface area contributed by atoms with Crippen molar-refractivity contribution in [1.82, 2.24) is 10.6 Å². The van der Waals surface area contributed by atoms with Gasteiger partial charge in [-0.2, -0.15) is 0 Å². The first-order valence-corrected chi connectivity index (χ1v) is 15.2. The molecular formula is C33H45N3O6. The molecule has 2 amide bonds. The zero-order valence-electron chi connectivity index (χ0n) is 25.4. The highest BCUT2D eigenvalue weighted by molar-refractivity contribution is 5.83. The van der Waals surface area contributed by atoms with Crippen molar-refractivity contribution < 1.29 is 23.8 Å². The number of amides is 2. The number of anilines is 1. The van der Waals surface area contributed by atoms with E-state index in [0.29, 0.717) is 60.7 Å². The van der Waals surface area contributed by atoms with Crippen molar-refractivity contribution in [1.29, 1.82) is 0 Å². The van der Waals surface area contributed by atoms with Crippen LogP contribution in [0.5, 0.6) is 17.2 Å². The number of carbonyl (C=O) groups is 2. The number of fused-ring (bicyclic) bond motifs is 3. The average molecular weight is 580 g/mol. The smallest absolute Gasteiger partial charge is 0.220 e. The molecule has 0 aromatic heterocycles. The molecule has 0 radical (unpaired) electrons. The Bertz CT molecular complexity index is 1320. The lowest BCUT2D eigenvalue weighted by molar-refractivity contribution is -0.122. The largest absolute Gasteiger partial charge is 0.493 e. The summed E-state index contributed by atoms with van der Waals surface area (Å²) in [4.78, 5) is 38.2. The molecular weight excluding hydrogens is 534 g/mol. The van der Waals surface area contributed by atoms with E-state index < -0.39 is 0 Å². The maximum Gasteiger partial charge on any atom is 0.220 e. The number of ether oxygens (including phenoxy) is 3. The monoisotopic (exact) mass is 579 g/mol. The second-order valence-electron chi connectivity index (χ2n) is 11.2. The summed E-state index contributed by atoms with van der Waals surface area (Å²) in [5.41, 5.74) is 3.53. The van der Waals surface area contributed by atoms with Crippen molar-refractivity contribution >= 4 is 17.5 Å². The Morgan fingerprint density at radius 3 is 2.26 bits per heavy atom. The Hall–Kier alpha value is -3.75. The van der Waals surface area contributed by atoms with Crippen molar-refractivity contribution in [3.8, 4) is 28.4 Å². The molecule has 1 atom stereocenters. The average Bonchev–Trinajstić information content (AvgIpc) is 3.19. The highest BCUT2D eigenvalue weighted by Gasteiger charge is 2.29. The summed E-state index contributed by atoms with van der Waals surface area (Å²) in [5.74, 6) is 1.43. The van der Waals surface area contributed by atoms with Crippen LogP contribution in [0.25, 0.3) is 11.1 Å². The van der Waals surface area contributed by atoms with Gasteiger partial charge in [-0.1, -0.05) is 38.2 Å². The summed E-state index contributed by atoms with van der Waals surface area (Å²) >= 11 is 0. The molecule has 0 spiro atoms. The molecule has 0 bridgehead atoms. The predicted molar refractivity (Wildman–Crippen MR) is 165 cm³/mol. The molecule has 2 aromatic carbocycles. The van der Waals surface area contributed by atoms with E-state index in [1.807, 2.05) is 12.1 Å². The van der Waals surface area contributed by atoms with Crippen molar-refractivity contribution in [2.75, 3.05) is 33.2 Å². The molecule has 9 nitrogen and oxygen atoms in total. The van der Waals surface area contributed by atoms with E-state index in [2.05, 4.69) is 16.0 Å². The molecule has 3 N–H and O–H groups in total. The summed E-state index contributed by atoms with van der Waals surface area (Å²) < 4.78 is 17.1. The summed E-state index contributed by atoms with van der Waals surface area (Å²) in [6.07, 6.45) is 10.5. The van der Waals surface area contributed by atoms with E-state index in [9.17, 15) is 14.4 Å². The van der Waals surface area contributed by atoms with Crippen LogP contribution in [-0.4, -0.2) is 45.7 Å². The quantitative estimate of drug-likeness (QED) is 0.328. The fourth-order valence-corrected chi connectivity index (χ4v) is 6.23. The molecule has 4 rings (SSSR count). The summed E-state index contributed by atoms with van der Waals surface area (Å²) in [6.45, 7) is 1.97. The molecule has 0 saturated heterocycles. The molecule has 2 aliphatic rings. The molecule has 228 valence electrons. The van der Waals surface area contributed by atoms with Gasteiger partial charge < -0.3 is 30.2 Å². The van der Waals surface area contributed by atoms with Gasteiger partial charge in [-0.25, -0.2) is 0 Å². The summed E-state index contributed by atoms with van der Waals surface area (Å²) in [5, 5.41) is 9.48. The van der Waals surface area contributed by atoms with Crippen LogP contribution in [0.2, 0.25) is 0 Å². The van der Waals surface area contributed by atoms with E-state index in [1.54, 1.807) is 33.5 Å². The third-order valence-corrected chi connectivity index (χ3v) is 8.28. The number of hydrogen-bond acceptors (Lipinski definition) is 7. The number of nitrogens with one attached hydrogen (secondary N) is 3. The number of methoxy groups -OCH3 is 3. The lowest BCUT2D eigenvalue weighted by Gasteiger charge is -2.21. The zero-order chi connectivity index (χ0) is 30.1. The standard InChI is InChI=1S/C33H45N3O6/c1-21(37)35-26-16-14-22-19-29(40-2)32(41-3)33(42-4)31(22)24-15-17-27(28(38)20-25(24)26)34-18-10-13-30(39)36-23-11-8-6-5-7-9-12-23/h15,17,19-20,23,26H,5-14,16,18H2,1-4H3,(H,34,38)(H,35,37)(H,36,39). The predicted octanol–water partition coefficient (Wildman–Crippen LogP) is 5.28. The molecule has 9 heteroatoms. The van der Waals surface area contributed by atoms with Crippen molar-refractivity contribution in [2.24, 2.45) is 0 Å². The van der Waals surface area contributed by atoms with Crippen molar-refractivity contribution in [2.45, 2.75) is 89.6 Å². The van der Waals surface area contributed by atoms with Gasteiger partial charge in [-0.15, -0.1) is 0 Å². The molecule has 1 saturated carbocycles. The molecule has 2 aromatic rings. The molecule has 2 aliphatic carbocycles. The fraction of sp³-hybridized carbons (Fsp3) is 0.545. The van der Waals surface area contributed by atoms with Gasteiger partial charge in [-0.3, -0.25) is 14.4 Å². The second kappa shape index (κ2) is 14.9. The molecule has 42 heavy (non-hydrogen) atoms. The van der Waals surface area contributed by atoms with Crippen LogP contribution in [0.3, 0.4) is 0 Å². The highest BCUT2D eigenvalue weighted by atomic mass is 16.5. The normalized spacial score (nSPS) is 16.9. The molecule has 0 heterocycles. The maximum absolute atomic E-state index is 13.4. The Morgan fingerprint density at radius 2 is 1.60 bits per heavy atom. The van der Waals surface area contributed by atoms with Gasteiger partial charge >= 0.3 is 0 Å². The van der Waals surface area contributed by atoms with E-state index in [1.165, 1.54) is 39.0 Å². The van der Waals surface area contributed by atoms with Crippen LogP contribution in [-0.2, 0) is 16.0 Å².